The first-order valence-corrected chi connectivity index (χ1v) is 9.06. The smallest absolute Gasteiger partial charge is 0.256 e. The van der Waals surface area contributed by atoms with Crippen molar-refractivity contribution < 1.29 is 18.8 Å². The van der Waals surface area contributed by atoms with Crippen molar-refractivity contribution >= 4 is 23.4 Å². The van der Waals surface area contributed by atoms with Crippen LogP contribution in [0.5, 0.6) is 0 Å². The lowest BCUT2D eigenvalue weighted by Crippen LogP contribution is -2.48. The van der Waals surface area contributed by atoms with E-state index in [1.807, 2.05) is 13.0 Å². The molecule has 7 nitrogen and oxygen atoms in total. The molecular formula is C20H21N3O4. The number of anilines is 1. The van der Waals surface area contributed by atoms with E-state index in [4.69, 9.17) is 4.42 Å². The maximum atomic E-state index is 13.1. The van der Waals surface area contributed by atoms with Gasteiger partial charge in [0.15, 0.2) is 0 Å². The zero-order chi connectivity index (χ0) is 19.0. The molecule has 1 fully saturated rings. The van der Waals surface area contributed by atoms with Gasteiger partial charge in [-0.15, -0.1) is 0 Å². The van der Waals surface area contributed by atoms with Crippen LogP contribution in [0.4, 0.5) is 5.69 Å². The number of aryl methyl sites for hydroxylation is 1. The number of benzene rings is 1. The average Bonchev–Trinajstić information content (AvgIpc) is 3.33. The highest BCUT2D eigenvalue weighted by atomic mass is 16.3. The second-order valence-corrected chi connectivity index (χ2v) is 6.96. The van der Waals surface area contributed by atoms with Crippen LogP contribution in [0.3, 0.4) is 0 Å². The standard InChI is InChI=1S/C20H21N3O4/c1-13-6-7-16-15(10-13)19(25)22-8-2-5-17(22)20(26)23(16)12-18(24)21-11-14-4-3-9-27-14/h3-4,6-7,9-10,17H,2,5,8,11-12H2,1H3,(H,21,24)/t17-/m1/s1. The van der Waals surface area contributed by atoms with Gasteiger partial charge in [0.05, 0.1) is 24.1 Å². The molecule has 4 rings (SSSR count). The molecule has 0 bridgehead atoms. The molecule has 140 valence electrons. The van der Waals surface area contributed by atoms with Crippen LogP contribution in [0.25, 0.3) is 0 Å². The summed E-state index contributed by atoms with van der Waals surface area (Å²) in [4.78, 5) is 41.6. The maximum absolute atomic E-state index is 13.1. The van der Waals surface area contributed by atoms with Crippen LogP contribution in [0.2, 0.25) is 0 Å². The van der Waals surface area contributed by atoms with Crippen molar-refractivity contribution in [3.63, 3.8) is 0 Å². The number of hydrogen-bond donors (Lipinski definition) is 1. The normalized spacial score (nSPS) is 18.9. The Morgan fingerprint density at radius 1 is 1.30 bits per heavy atom. The predicted molar refractivity (Wildman–Crippen MR) is 98.1 cm³/mol. The number of nitrogens with zero attached hydrogens (tertiary/aromatic N) is 2. The second kappa shape index (κ2) is 6.90. The van der Waals surface area contributed by atoms with Crippen LogP contribution in [0, 0.1) is 6.92 Å². The Bertz CT molecular complexity index is 891. The minimum Gasteiger partial charge on any atom is -0.467 e. The lowest BCUT2D eigenvalue weighted by Gasteiger charge is -2.25. The molecule has 1 atom stereocenters. The Labute approximate surface area is 156 Å². The minimum atomic E-state index is -0.497. The number of fused-ring (bicyclic) bond motifs is 2. The molecule has 27 heavy (non-hydrogen) atoms. The van der Waals surface area contributed by atoms with Crippen LogP contribution in [0.1, 0.15) is 34.5 Å². The fourth-order valence-corrected chi connectivity index (χ4v) is 3.74. The van der Waals surface area contributed by atoms with E-state index >= 15 is 0 Å². The van der Waals surface area contributed by atoms with Gasteiger partial charge in [-0.1, -0.05) is 11.6 Å². The third-order valence-electron chi connectivity index (χ3n) is 5.08. The minimum absolute atomic E-state index is 0.132. The third kappa shape index (κ3) is 3.20. The number of rotatable bonds is 4. The fourth-order valence-electron chi connectivity index (χ4n) is 3.74. The van der Waals surface area contributed by atoms with Crippen molar-refractivity contribution in [3.05, 3.63) is 53.5 Å². The van der Waals surface area contributed by atoms with Gasteiger partial charge in [-0.2, -0.15) is 0 Å². The van der Waals surface area contributed by atoms with Gasteiger partial charge in [-0.25, -0.2) is 0 Å². The number of carbonyl (C=O) groups is 3. The molecule has 0 spiro atoms. The molecule has 2 aromatic rings. The zero-order valence-electron chi connectivity index (χ0n) is 15.1. The van der Waals surface area contributed by atoms with Gasteiger partial charge < -0.3 is 19.5 Å². The summed E-state index contributed by atoms with van der Waals surface area (Å²) in [6.07, 6.45) is 2.96. The first-order valence-electron chi connectivity index (χ1n) is 9.06. The monoisotopic (exact) mass is 367 g/mol. The molecule has 3 amide bonds. The molecule has 0 aliphatic carbocycles. The number of furan rings is 1. The van der Waals surface area contributed by atoms with Gasteiger partial charge in [0.25, 0.3) is 5.91 Å². The van der Waals surface area contributed by atoms with E-state index in [1.165, 1.54) is 4.90 Å². The van der Waals surface area contributed by atoms with Gasteiger partial charge in [-0.05, 0) is 44.0 Å². The van der Waals surface area contributed by atoms with E-state index in [2.05, 4.69) is 5.32 Å². The summed E-state index contributed by atoms with van der Waals surface area (Å²) >= 11 is 0. The van der Waals surface area contributed by atoms with E-state index in [9.17, 15) is 14.4 Å². The molecule has 7 heteroatoms. The van der Waals surface area contributed by atoms with Crippen molar-refractivity contribution in [2.24, 2.45) is 0 Å². The second-order valence-electron chi connectivity index (χ2n) is 6.96. The highest BCUT2D eigenvalue weighted by Gasteiger charge is 2.42. The molecule has 1 saturated heterocycles. The highest BCUT2D eigenvalue weighted by Crippen LogP contribution is 2.32. The first kappa shape index (κ1) is 17.3. The Balaban J connectivity index is 1.61. The van der Waals surface area contributed by atoms with Gasteiger partial charge in [0, 0.05) is 6.54 Å². The van der Waals surface area contributed by atoms with Crippen molar-refractivity contribution in [3.8, 4) is 0 Å². The SMILES string of the molecule is Cc1ccc2c(c1)C(=O)N1CCC[C@@H]1C(=O)N2CC(=O)NCc1ccco1. The fraction of sp³-hybridized carbons (Fsp3) is 0.350. The number of nitrogens with one attached hydrogen (secondary N) is 1. The zero-order valence-corrected chi connectivity index (χ0v) is 15.1. The van der Waals surface area contributed by atoms with E-state index < -0.39 is 6.04 Å². The first-order chi connectivity index (χ1) is 13.0. The summed E-state index contributed by atoms with van der Waals surface area (Å²) < 4.78 is 5.21. The van der Waals surface area contributed by atoms with E-state index in [-0.39, 0.29) is 30.8 Å². The molecule has 1 aromatic heterocycles. The number of amides is 3. The quantitative estimate of drug-likeness (QED) is 0.894. The molecule has 0 unspecified atom stereocenters. The van der Waals surface area contributed by atoms with E-state index in [1.54, 1.807) is 35.4 Å². The molecule has 1 aromatic carbocycles. The van der Waals surface area contributed by atoms with Crippen molar-refractivity contribution in [1.29, 1.82) is 0 Å². The maximum Gasteiger partial charge on any atom is 0.256 e. The van der Waals surface area contributed by atoms with Crippen molar-refractivity contribution in [2.45, 2.75) is 32.4 Å². The van der Waals surface area contributed by atoms with E-state index in [0.29, 0.717) is 30.0 Å². The van der Waals surface area contributed by atoms with Crippen LogP contribution in [-0.4, -0.2) is 41.8 Å². The average molecular weight is 367 g/mol. The summed E-state index contributed by atoms with van der Waals surface area (Å²) in [5.74, 6) is 0.00327. The lowest BCUT2D eigenvalue weighted by atomic mass is 10.1. The van der Waals surface area contributed by atoms with Crippen LogP contribution < -0.4 is 10.2 Å². The number of hydrogen-bond acceptors (Lipinski definition) is 4. The van der Waals surface area contributed by atoms with Gasteiger partial charge >= 0.3 is 0 Å². The Morgan fingerprint density at radius 3 is 2.93 bits per heavy atom. The molecular weight excluding hydrogens is 346 g/mol. The third-order valence-corrected chi connectivity index (χ3v) is 5.08. The molecule has 3 heterocycles. The molecule has 2 aliphatic heterocycles. The van der Waals surface area contributed by atoms with E-state index in [0.717, 1.165) is 12.0 Å². The highest BCUT2D eigenvalue weighted by molar-refractivity contribution is 6.12. The summed E-state index contributed by atoms with van der Waals surface area (Å²) in [7, 11) is 0. The molecule has 0 saturated carbocycles. The predicted octanol–water partition coefficient (Wildman–Crippen LogP) is 1.86. The molecule has 1 N–H and O–H groups in total. The van der Waals surface area contributed by atoms with Crippen molar-refractivity contribution in [2.75, 3.05) is 18.0 Å². The Hall–Kier alpha value is -3.09. The summed E-state index contributed by atoms with van der Waals surface area (Å²) in [6, 6.07) is 8.41. The van der Waals surface area contributed by atoms with Gasteiger partial charge in [0.2, 0.25) is 11.8 Å². The van der Waals surface area contributed by atoms with Crippen LogP contribution >= 0.6 is 0 Å². The molecule has 2 aliphatic rings. The van der Waals surface area contributed by atoms with Crippen LogP contribution in [-0.2, 0) is 16.1 Å². The van der Waals surface area contributed by atoms with Gasteiger partial charge in [0.1, 0.15) is 18.3 Å². The Morgan fingerprint density at radius 2 is 2.15 bits per heavy atom. The van der Waals surface area contributed by atoms with Gasteiger partial charge in [-0.3, -0.25) is 14.4 Å². The number of carbonyl (C=O) groups excluding carboxylic acids is 3. The summed E-state index contributed by atoms with van der Waals surface area (Å²) in [6.45, 7) is 2.60. The summed E-state index contributed by atoms with van der Waals surface area (Å²) in [5, 5.41) is 2.76. The largest absolute Gasteiger partial charge is 0.467 e. The lowest BCUT2D eigenvalue weighted by molar-refractivity contribution is -0.125. The topological polar surface area (TPSA) is 82.9 Å². The van der Waals surface area contributed by atoms with Crippen molar-refractivity contribution in [1.82, 2.24) is 10.2 Å². The van der Waals surface area contributed by atoms with Crippen LogP contribution in [0.15, 0.2) is 41.0 Å². The molecule has 0 radical (unpaired) electrons. The summed E-state index contributed by atoms with van der Waals surface area (Å²) in [5.41, 5.74) is 1.92. The Kier molecular flexibility index (Phi) is 4.43.